The molecule has 0 atom stereocenters. The quantitative estimate of drug-likeness (QED) is 0.859. The molecule has 0 saturated heterocycles. The Labute approximate surface area is 124 Å². The lowest BCUT2D eigenvalue weighted by atomic mass is 10.4. The predicted octanol–water partition coefficient (Wildman–Crippen LogP) is 3.06. The minimum atomic E-state index is -3.72. The van der Waals surface area contributed by atoms with Crippen LogP contribution in [0, 0.1) is 0 Å². The number of aromatic nitrogens is 2. The molecule has 5 nitrogen and oxygen atoms in total. The van der Waals surface area contributed by atoms with Crippen molar-refractivity contribution in [2.45, 2.75) is 11.8 Å². The molecule has 102 valence electrons. The van der Waals surface area contributed by atoms with Crippen LogP contribution in [0.2, 0.25) is 10.0 Å². The van der Waals surface area contributed by atoms with Crippen LogP contribution in [0.3, 0.4) is 0 Å². The molecule has 0 fully saturated rings. The monoisotopic (exact) mass is 337 g/mol. The van der Waals surface area contributed by atoms with E-state index in [0.29, 0.717) is 10.2 Å². The minimum absolute atomic E-state index is 0.0685. The van der Waals surface area contributed by atoms with Gasteiger partial charge in [0.05, 0.1) is 14.9 Å². The van der Waals surface area contributed by atoms with E-state index in [0.717, 1.165) is 11.3 Å². The van der Waals surface area contributed by atoms with Gasteiger partial charge in [0.25, 0.3) is 10.0 Å². The number of halogens is 2. The molecular weight excluding hydrogens is 329 g/mol. The van der Waals surface area contributed by atoms with Crippen LogP contribution in [0.25, 0.3) is 0 Å². The van der Waals surface area contributed by atoms with Gasteiger partial charge >= 0.3 is 0 Å². The van der Waals surface area contributed by atoms with Crippen LogP contribution in [-0.2, 0) is 10.0 Å². The Morgan fingerprint density at radius 2 is 2.05 bits per heavy atom. The second kappa shape index (κ2) is 5.62. The molecule has 0 radical (unpaired) electrons. The Morgan fingerprint density at radius 1 is 1.32 bits per heavy atom. The highest BCUT2D eigenvalue weighted by Crippen LogP contribution is 2.29. The van der Waals surface area contributed by atoms with Crippen LogP contribution in [0.15, 0.2) is 28.6 Å². The number of nitrogens with zero attached hydrogens (tertiary/aromatic N) is 3. The first kappa shape index (κ1) is 14.5. The van der Waals surface area contributed by atoms with Gasteiger partial charge in [-0.25, -0.2) is 12.7 Å². The van der Waals surface area contributed by atoms with E-state index in [2.05, 4.69) is 10.2 Å². The number of hydrogen-bond acceptors (Lipinski definition) is 5. The highest BCUT2D eigenvalue weighted by atomic mass is 35.5. The summed E-state index contributed by atoms with van der Waals surface area (Å²) in [7, 11) is -3.72. The Kier molecular flexibility index (Phi) is 4.29. The van der Waals surface area contributed by atoms with Crippen LogP contribution in [0.5, 0.6) is 0 Å². The average molecular weight is 338 g/mol. The van der Waals surface area contributed by atoms with Crippen LogP contribution in [-0.4, -0.2) is 25.2 Å². The number of sulfonamides is 1. The third-order valence-electron chi connectivity index (χ3n) is 2.33. The standard InChI is InChI=1S/C10H9Cl2N3O2S2/c1-2-15(10-14-13-6-18-10)19(16,17)7-3-4-8(11)9(12)5-7/h3-6H,2H2,1H3. The third-order valence-corrected chi connectivity index (χ3v) is 5.76. The first-order valence-corrected chi connectivity index (χ1v) is 8.28. The van der Waals surface area contributed by atoms with Crippen molar-refractivity contribution in [2.24, 2.45) is 0 Å². The molecule has 0 aliphatic rings. The molecule has 2 rings (SSSR count). The van der Waals surface area contributed by atoms with E-state index in [1.807, 2.05) is 0 Å². The largest absolute Gasteiger partial charge is 0.266 e. The Bertz CT molecular complexity index is 674. The molecule has 9 heteroatoms. The maximum atomic E-state index is 12.5. The van der Waals surface area contributed by atoms with Crippen LogP contribution in [0.1, 0.15) is 6.92 Å². The highest BCUT2D eigenvalue weighted by Gasteiger charge is 2.26. The first-order chi connectivity index (χ1) is 8.96. The van der Waals surface area contributed by atoms with Gasteiger partial charge in [0.15, 0.2) is 0 Å². The fourth-order valence-corrected chi connectivity index (χ4v) is 4.11. The number of rotatable bonds is 4. The maximum Gasteiger partial charge on any atom is 0.266 e. The highest BCUT2D eigenvalue weighted by molar-refractivity contribution is 7.93. The van der Waals surface area contributed by atoms with Crippen LogP contribution < -0.4 is 4.31 Å². The molecular formula is C10H9Cl2N3O2S2. The van der Waals surface area contributed by atoms with Crippen molar-refractivity contribution >= 4 is 49.7 Å². The molecule has 0 N–H and O–H groups in total. The Hall–Kier alpha value is -0.890. The van der Waals surface area contributed by atoms with Gasteiger partial charge in [0.2, 0.25) is 5.13 Å². The normalized spacial score (nSPS) is 11.5. The zero-order valence-corrected chi connectivity index (χ0v) is 12.9. The van der Waals surface area contributed by atoms with Gasteiger partial charge in [-0.15, -0.1) is 10.2 Å². The van der Waals surface area contributed by atoms with Gasteiger partial charge in [-0.05, 0) is 25.1 Å². The van der Waals surface area contributed by atoms with Crippen molar-refractivity contribution in [2.75, 3.05) is 10.8 Å². The van der Waals surface area contributed by atoms with E-state index in [4.69, 9.17) is 23.2 Å². The Morgan fingerprint density at radius 3 is 2.58 bits per heavy atom. The van der Waals surface area contributed by atoms with E-state index >= 15 is 0 Å². The minimum Gasteiger partial charge on any atom is -0.240 e. The van der Waals surface area contributed by atoms with Crippen molar-refractivity contribution in [1.29, 1.82) is 0 Å². The van der Waals surface area contributed by atoms with Crippen molar-refractivity contribution in [3.05, 3.63) is 33.8 Å². The molecule has 0 aliphatic carbocycles. The third kappa shape index (κ3) is 2.84. The summed E-state index contributed by atoms with van der Waals surface area (Å²) in [6.45, 7) is 1.97. The molecule has 1 heterocycles. The second-order valence-electron chi connectivity index (χ2n) is 3.47. The lowest BCUT2D eigenvalue weighted by Crippen LogP contribution is -2.30. The number of benzene rings is 1. The van der Waals surface area contributed by atoms with Gasteiger partial charge in [-0.2, -0.15) is 0 Å². The Balaban J connectivity index is 2.49. The van der Waals surface area contributed by atoms with Crippen molar-refractivity contribution in [1.82, 2.24) is 10.2 Å². The molecule has 1 aromatic carbocycles. The summed E-state index contributed by atoms with van der Waals surface area (Å²) in [4.78, 5) is 0.0685. The maximum absolute atomic E-state index is 12.5. The van der Waals surface area contributed by atoms with E-state index in [1.165, 1.54) is 28.0 Å². The van der Waals surface area contributed by atoms with E-state index in [9.17, 15) is 8.42 Å². The second-order valence-corrected chi connectivity index (χ2v) is 6.96. The van der Waals surface area contributed by atoms with Crippen molar-refractivity contribution in [3.8, 4) is 0 Å². The SMILES string of the molecule is CCN(c1nncs1)S(=O)(=O)c1ccc(Cl)c(Cl)c1. The first-order valence-electron chi connectivity index (χ1n) is 5.20. The topological polar surface area (TPSA) is 63.2 Å². The molecule has 1 aromatic heterocycles. The van der Waals surface area contributed by atoms with E-state index < -0.39 is 10.0 Å². The number of hydrogen-bond donors (Lipinski definition) is 0. The fraction of sp³-hybridized carbons (Fsp3) is 0.200. The smallest absolute Gasteiger partial charge is 0.240 e. The number of anilines is 1. The molecule has 0 spiro atoms. The summed E-state index contributed by atoms with van der Waals surface area (Å²) < 4.78 is 26.1. The average Bonchev–Trinajstić information content (AvgIpc) is 2.86. The van der Waals surface area contributed by atoms with Gasteiger partial charge in [-0.3, -0.25) is 0 Å². The lowest BCUT2D eigenvalue weighted by Gasteiger charge is -2.19. The van der Waals surface area contributed by atoms with E-state index in [1.54, 1.807) is 6.92 Å². The summed E-state index contributed by atoms with van der Waals surface area (Å²) >= 11 is 12.8. The molecule has 0 bridgehead atoms. The molecule has 0 amide bonds. The molecule has 0 aliphatic heterocycles. The van der Waals surface area contributed by atoms with E-state index in [-0.39, 0.29) is 16.5 Å². The van der Waals surface area contributed by atoms with Crippen molar-refractivity contribution < 1.29 is 8.42 Å². The van der Waals surface area contributed by atoms with Crippen LogP contribution in [0.4, 0.5) is 5.13 Å². The van der Waals surface area contributed by atoms with Gasteiger partial charge in [0, 0.05) is 6.54 Å². The molecule has 2 aromatic rings. The van der Waals surface area contributed by atoms with Crippen LogP contribution >= 0.6 is 34.5 Å². The summed E-state index contributed by atoms with van der Waals surface area (Å²) in [5.74, 6) is 0. The summed E-state index contributed by atoms with van der Waals surface area (Å²) in [5, 5.41) is 8.23. The summed E-state index contributed by atoms with van der Waals surface area (Å²) in [6.07, 6.45) is 0. The zero-order chi connectivity index (χ0) is 14.0. The summed E-state index contributed by atoms with van der Waals surface area (Å²) in [6, 6.07) is 4.18. The van der Waals surface area contributed by atoms with Gasteiger partial charge < -0.3 is 0 Å². The predicted molar refractivity (Wildman–Crippen MR) is 76.6 cm³/mol. The van der Waals surface area contributed by atoms with Gasteiger partial charge in [0.1, 0.15) is 5.51 Å². The van der Waals surface area contributed by atoms with Crippen molar-refractivity contribution in [3.63, 3.8) is 0 Å². The molecule has 0 unspecified atom stereocenters. The molecule has 19 heavy (non-hydrogen) atoms. The zero-order valence-electron chi connectivity index (χ0n) is 9.75. The van der Waals surface area contributed by atoms with Gasteiger partial charge in [-0.1, -0.05) is 34.5 Å². The summed E-state index contributed by atoms with van der Waals surface area (Å²) in [5.41, 5.74) is 1.47. The fourth-order valence-electron chi connectivity index (χ4n) is 1.45. The lowest BCUT2D eigenvalue weighted by molar-refractivity contribution is 0.591. The molecule has 0 saturated carbocycles.